The molecule has 0 aromatic heterocycles. The van der Waals surface area contributed by atoms with Crippen LogP contribution in [0.1, 0.15) is 47.0 Å². The van der Waals surface area contributed by atoms with Crippen LogP contribution in [-0.4, -0.2) is 58.3 Å². The summed E-state index contributed by atoms with van der Waals surface area (Å²) in [6.45, 7) is 6.94. The van der Waals surface area contributed by atoms with Crippen molar-refractivity contribution in [3.8, 4) is 0 Å². The Balaban J connectivity index is 1.84. The smallest absolute Gasteiger partial charge is 0.338 e. The molecular weight excluding hydrogens is 356 g/mol. The molecule has 1 fully saturated rings. The van der Waals surface area contributed by atoms with E-state index in [2.05, 4.69) is 0 Å². The quantitative estimate of drug-likeness (QED) is 0.571. The average molecular weight is 380 g/mol. The zero-order valence-electron chi connectivity index (χ0n) is 15.9. The van der Waals surface area contributed by atoms with Gasteiger partial charge in [0.15, 0.2) is 0 Å². The molecular formula is C18H24N2O7. The molecule has 0 N–H and O–H groups in total. The zero-order valence-corrected chi connectivity index (χ0v) is 15.9. The second kappa shape index (κ2) is 7.59. The molecule has 0 atom stereocenters. The van der Waals surface area contributed by atoms with Gasteiger partial charge in [0, 0.05) is 31.6 Å². The second-order valence-electron chi connectivity index (χ2n) is 7.80. The fourth-order valence-corrected chi connectivity index (χ4v) is 2.56. The summed E-state index contributed by atoms with van der Waals surface area (Å²) in [6, 6.07) is 0. The normalized spacial score (nSPS) is 18.1. The van der Waals surface area contributed by atoms with Crippen LogP contribution >= 0.6 is 0 Å². The Morgan fingerprint density at radius 1 is 1.00 bits per heavy atom. The van der Waals surface area contributed by atoms with E-state index in [0.29, 0.717) is 5.06 Å². The van der Waals surface area contributed by atoms with Gasteiger partial charge in [0.25, 0.3) is 23.6 Å². The number of nitrogens with zero attached hydrogens (tertiary/aromatic N) is 2. The first-order valence-electron chi connectivity index (χ1n) is 8.69. The van der Waals surface area contributed by atoms with Gasteiger partial charge in [-0.1, -0.05) is 0 Å². The summed E-state index contributed by atoms with van der Waals surface area (Å²) in [5.41, 5.74) is -1.81. The van der Waals surface area contributed by atoms with Crippen LogP contribution in [0.15, 0.2) is 12.2 Å². The lowest BCUT2D eigenvalue weighted by Crippen LogP contribution is -2.44. The number of hydrogen-bond donors (Lipinski definition) is 0. The molecule has 9 heteroatoms. The summed E-state index contributed by atoms with van der Waals surface area (Å²) in [4.78, 5) is 64.7. The van der Waals surface area contributed by atoms with Crippen molar-refractivity contribution in [3.05, 3.63) is 12.2 Å². The van der Waals surface area contributed by atoms with Crippen molar-refractivity contribution < 1.29 is 33.5 Å². The van der Waals surface area contributed by atoms with Crippen molar-refractivity contribution in [3.63, 3.8) is 0 Å². The maximum Gasteiger partial charge on any atom is 0.338 e. The highest BCUT2D eigenvalue weighted by Crippen LogP contribution is 2.26. The minimum atomic E-state index is -1.000. The first-order chi connectivity index (χ1) is 12.4. The van der Waals surface area contributed by atoms with Gasteiger partial charge in [-0.15, -0.1) is 5.06 Å². The molecule has 2 aliphatic rings. The first-order valence-corrected chi connectivity index (χ1v) is 8.69. The average Bonchev–Trinajstić information content (AvgIpc) is 3.04. The number of amides is 4. The van der Waals surface area contributed by atoms with Gasteiger partial charge in [0.1, 0.15) is 0 Å². The van der Waals surface area contributed by atoms with Crippen LogP contribution in [0, 0.1) is 5.41 Å². The summed E-state index contributed by atoms with van der Waals surface area (Å²) < 4.78 is 5.76. The molecule has 2 rings (SSSR count). The molecule has 0 bridgehead atoms. The van der Waals surface area contributed by atoms with Crippen LogP contribution in [0.25, 0.3) is 0 Å². The van der Waals surface area contributed by atoms with Crippen LogP contribution in [-0.2, 0) is 33.5 Å². The topological polar surface area (TPSA) is 110 Å². The van der Waals surface area contributed by atoms with Gasteiger partial charge in [-0.3, -0.25) is 24.1 Å². The SMILES string of the molecule is CC(C)(CN1C(=O)C=CC1=O)OCCC(C)(C)C(=O)ON1C(=O)CCC1=O. The Kier molecular flexibility index (Phi) is 5.84. The van der Waals surface area contributed by atoms with Crippen LogP contribution in [0.3, 0.4) is 0 Å². The lowest BCUT2D eigenvalue weighted by atomic mass is 9.90. The number of ether oxygens (including phenoxy) is 1. The Labute approximate surface area is 157 Å². The molecule has 0 aliphatic carbocycles. The predicted molar refractivity (Wildman–Crippen MR) is 91.5 cm³/mol. The fourth-order valence-electron chi connectivity index (χ4n) is 2.56. The van der Waals surface area contributed by atoms with Gasteiger partial charge in [-0.2, -0.15) is 0 Å². The number of hydrogen-bond acceptors (Lipinski definition) is 7. The minimum absolute atomic E-state index is 0.0344. The molecule has 4 amide bonds. The van der Waals surface area contributed by atoms with Gasteiger partial charge in [-0.25, -0.2) is 4.79 Å². The summed E-state index contributed by atoms with van der Waals surface area (Å²) in [5, 5.41) is 0.520. The van der Waals surface area contributed by atoms with E-state index in [1.165, 1.54) is 12.2 Å². The fraction of sp³-hybridized carbons (Fsp3) is 0.611. The molecule has 2 aliphatic heterocycles. The zero-order chi connectivity index (χ0) is 20.4. The molecule has 0 unspecified atom stereocenters. The van der Waals surface area contributed by atoms with E-state index in [4.69, 9.17) is 9.57 Å². The van der Waals surface area contributed by atoms with Crippen molar-refractivity contribution in [2.24, 2.45) is 5.41 Å². The standard InChI is InChI=1S/C18H24N2O7/c1-17(2,16(25)27-20-14(23)7-8-15(20)24)9-10-26-18(3,4)11-19-12(21)5-6-13(19)22/h5-6H,7-11H2,1-4H3. The molecule has 0 saturated carbocycles. The van der Waals surface area contributed by atoms with Crippen molar-refractivity contribution >= 4 is 29.6 Å². The van der Waals surface area contributed by atoms with Crippen molar-refractivity contribution in [1.82, 2.24) is 9.96 Å². The Bertz CT molecular complexity index is 674. The molecule has 9 nitrogen and oxygen atoms in total. The van der Waals surface area contributed by atoms with E-state index >= 15 is 0 Å². The van der Waals surface area contributed by atoms with Gasteiger partial charge in [0.05, 0.1) is 17.6 Å². The van der Waals surface area contributed by atoms with E-state index in [0.717, 1.165) is 4.90 Å². The molecule has 0 spiro atoms. The molecule has 0 aromatic carbocycles. The summed E-state index contributed by atoms with van der Waals surface area (Å²) >= 11 is 0. The molecule has 0 aromatic rings. The number of imide groups is 2. The van der Waals surface area contributed by atoms with E-state index < -0.39 is 28.8 Å². The second-order valence-corrected chi connectivity index (χ2v) is 7.80. The maximum atomic E-state index is 12.3. The molecule has 1 saturated heterocycles. The van der Waals surface area contributed by atoms with Gasteiger partial charge >= 0.3 is 5.97 Å². The lowest BCUT2D eigenvalue weighted by molar-refractivity contribution is -0.205. The van der Waals surface area contributed by atoms with Crippen molar-refractivity contribution in [2.75, 3.05) is 13.2 Å². The van der Waals surface area contributed by atoms with Crippen LogP contribution < -0.4 is 0 Å². The molecule has 2 heterocycles. The monoisotopic (exact) mass is 380 g/mol. The van der Waals surface area contributed by atoms with Crippen LogP contribution in [0.2, 0.25) is 0 Å². The molecule has 0 radical (unpaired) electrons. The van der Waals surface area contributed by atoms with Gasteiger partial charge in [-0.05, 0) is 34.1 Å². The highest BCUT2D eigenvalue weighted by Gasteiger charge is 2.38. The van der Waals surface area contributed by atoms with Gasteiger partial charge in [0.2, 0.25) is 0 Å². The third-order valence-corrected chi connectivity index (χ3v) is 4.39. The van der Waals surface area contributed by atoms with Crippen LogP contribution in [0.5, 0.6) is 0 Å². The largest absolute Gasteiger partial charge is 0.374 e. The molecule has 148 valence electrons. The number of rotatable bonds is 8. The van der Waals surface area contributed by atoms with E-state index in [9.17, 15) is 24.0 Å². The van der Waals surface area contributed by atoms with Gasteiger partial charge < -0.3 is 9.57 Å². The summed E-state index contributed by atoms with van der Waals surface area (Å²) in [5.74, 6) is -2.55. The van der Waals surface area contributed by atoms with Crippen LogP contribution in [0.4, 0.5) is 0 Å². The third kappa shape index (κ3) is 5.00. The van der Waals surface area contributed by atoms with E-state index in [1.807, 2.05) is 0 Å². The Morgan fingerprint density at radius 2 is 1.52 bits per heavy atom. The lowest BCUT2D eigenvalue weighted by Gasteiger charge is -2.31. The Morgan fingerprint density at radius 3 is 2.04 bits per heavy atom. The number of hydroxylamine groups is 2. The number of carbonyl (C=O) groups is 5. The predicted octanol–water partition coefficient (Wildman–Crippen LogP) is 0.730. The van der Waals surface area contributed by atoms with E-state index in [-0.39, 0.29) is 44.2 Å². The van der Waals surface area contributed by atoms with Crippen molar-refractivity contribution in [1.29, 1.82) is 0 Å². The highest BCUT2D eigenvalue weighted by molar-refractivity contribution is 6.12. The first kappa shape index (κ1) is 20.8. The summed E-state index contributed by atoms with van der Waals surface area (Å²) in [7, 11) is 0. The van der Waals surface area contributed by atoms with E-state index in [1.54, 1.807) is 27.7 Å². The molecule has 27 heavy (non-hydrogen) atoms. The third-order valence-electron chi connectivity index (χ3n) is 4.39. The Hall–Kier alpha value is -2.55. The highest BCUT2D eigenvalue weighted by atomic mass is 16.7. The summed E-state index contributed by atoms with van der Waals surface area (Å²) in [6.07, 6.45) is 2.74. The van der Waals surface area contributed by atoms with Crippen molar-refractivity contribution in [2.45, 2.75) is 52.6 Å². The minimum Gasteiger partial charge on any atom is -0.374 e. The number of carbonyl (C=O) groups excluding carboxylic acids is 5. The maximum absolute atomic E-state index is 12.3.